The molecule has 5 rings (SSSR count). The smallest absolute Gasteiger partial charge is 0.262 e. The third kappa shape index (κ3) is 1.56. The number of hydrogen-bond acceptors (Lipinski definition) is 3. The highest BCUT2D eigenvalue weighted by atomic mass is 35.5. The molecule has 1 aromatic heterocycles. The maximum absolute atomic E-state index is 6.12. The van der Waals surface area contributed by atoms with Crippen molar-refractivity contribution in [1.29, 1.82) is 0 Å². The Balaban J connectivity index is 1.86. The second-order valence-corrected chi connectivity index (χ2v) is 5.82. The molecule has 0 fully saturated rings. The Bertz CT molecular complexity index is 928. The summed E-state index contributed by atoms with van der Waals surface area (Å²) in [6.07, 6.45) is 1.70. The van der Waals surface area contributed by atoms with Crippen molar-refractivity contribution in [2.45, 2.75) is 0 Å². The molecular weight excluding hydrogens is 296 g/mol. The Labute approximate surface area is 132 Å². The fraction of sp³-hybridized carbons (Fsp3) is 0. The molecule has 3 heterocycles. The van der Waals surface area contributed by atoms with Gasteiger partial charge in [-0.1, -0.05) is 35.9 Å². The third-order valence-electron chi connectivity index (χ3n) is 4.15. The van der Waals surface area contributed by atoms with E-state index in [9.17, 15) is 0 Å². The number of para-hydroxylation sites is 1. The van der Waals surface area contributed by atoms with E-state index >= 15 is 0 Å². The first kappa shape index (κ1) is 12.1. The lowest BCUT2D eigenvalue weighted by Gasteiger charge is -2.31. The van der Waals surface area contributed by atoms with E-state index in [-0.39, 0.29) is 6.71 Å². The van der Waals surface area contributed by atoms with Crippen LogP contribution in [0.3, 0.4) is 0 Å². The van der Waals surface area contributed by atoms with Gasteiger partial charge < -0.3 is 9.47 Å². The van der Waals surface area contributed by atoms with Gasteiger partial charge in [0.05, 0.1) is 0 Å². The van der Waals surface area contributed by atoms with Gasteiger partial charge in [0.15, 0.2) is 0 Å². The molecule has 0 bridgehead atoms. The number of hydrogen-bond donors (Lipinski definition) is 0. The van der Waals surface area contributed by atoms with E-state index in [4.69, 9.17) is 21.1 Å². The fourth-order valence-corrected chi connectivity index (χ4v) is 3.38. The highest BCUT2D eigenvalue weighted by Gasteiger charge is 2.40. The molecule has 0 saturated carbocycles. The zero-order valence-corrected chi connectivity index (χ0v) is 12.2. The van der Waals surface area contributed by atoms with E-state index in [0.717, 1.165) is 33.6 Å². The summed E-state index contributed by atoms with van der Waals surface area (Å²) in [5, 5.41) is 0.664. The average Bonchev–Trinajstić information content (AvgIpc) is 2.54. The highest BCUT2D eigenvalue weighted by Crippen LogP contribution is 2.33. The average molecular weight is 306 g/mol. The molecule has 2 aliphatic heterocycles. The minimum atomic E-state index is 0.0599. The Morgan fingerprint density at radius 3 is 2.68 bits per heavy atom. The van der Waals surface area contributed by atoms with E-state index in [0.29, 0.717) is 10.9 Å². The van der Waals surface area contributed by atoms with Gasteiger partial charge in [-0.3, -0.25) is 0 Å². The lowest BCUT2D eigenvalue weighted by Crippen LogP contribution is -2.57. The van der Waals surface area contributed by atoms with Crippen LogP contribution in [0.25, 0.3) is 0 Å². The second kappa shape index (κ2) is 4.27. The van der Waals surface area contributed by atoms with Crippen molar-refractivity contribution in [1.82, 2.24) is 4.98 Å². The van der Waals surface area contributed by atoms with Gasteiger partial charge in [-0.05, 0) is 35.2 Å². The molecular formula is C17H9BClNO2. The van der Waals surface area contributed by atoms with Gasteiger partial charge in [-0.2, -0.15) is 0 Å². The van der Waals surface area contributed by atoms with E-state index in [1.54, 1.807) is 6.20 Å². The molecule has 0 atom stereocenters. The largest absolute Gasteiger partial charge is 0.458 e. The van der Waals surface area contributed by atoms with Gasteiger partial charge in [0.2, 0.25) is 5.88 Å². The topological polar surface area (TPSA) is 31.4 Å². The minimum absolute atomic E-state index is 0.0599. The normalized spacial score (nSPS) is 13.4. The third-order valence-corrected chi connectivity index (χ3v) is 4.38. The summed E-state index contributed by atoms with van der Waals surface area (Å²) in [6, 6.07) is 15.7. The monoisotopic (exact) mass is 305 g/mol. The molecule has 0 radical (unpaired) electrons. The summed E-state index contributed by atoms with van der Waals surface area (Å²) in [7, 11) is 0. The van der Waals surface area contributed by atoms with Crippen LogP contribution in [0.2, 0.25) is 5.02 Å². The molecule has 0 saturated heterocycles. The quantitative estimate of drug-likeness (QED) is 0.412. The zero-order chi connectivity index (χ0) is 14.7. The Kier molecular flexibility index (Phi) is 2.36. The molecule has 0 amide bonds. The molecule has 5 heteroatoms. The van der Waals surface area contributed by atoms with Crippen molar-refractivity contribution in [2.75, 3.05) is 0 Å². The first-order valence-corrected chi connectivity index (χ1v) is 7.42. The highest BCUT2D eigenvalue weighted by molar-refractivity contribution is 6.98. The lowest BCUT2D eigenvalue weighted by molar-refractivity contribution is 0.450. The van der Waals surface area contributed by atoms with Crippen molar-refractivity contribution >= 4 is 34.7 Å². The number of pyridine rings is 1. The van der Waals surface area contributed by atoms with Crippen molar-refractivity contribution in [3.05, 3.63) is 59.8 Å². The van der Waals surface area contributed by atoms with Crippen molar-refractivity contribution < 1.29 is 9.47 Å². The maximum Gasteiger partial charge on any atom is 0.262 e. The minimum Gasteiger partial charge on any atom is -0.458 e. The fourth-order valence-electron chi connectivity index (χ4n) is 3.22. The first-order chi connectivity index (χ1) is 10.8. The standard InChI is InChI=1S/C17H9BClNO2/c19-10-5-6-12-15(9-10)21-14-7-8-20-17-16(14)18(12)11-3-1-2-4-13(11)22-17/h1-9H. The van der Waals surface area contributed by atoms with Crippen molar-refractivity contribution in [3.63, 3.8) is 0 Å². The molecule has 3 aromatic rings. The molecule has 2 aromatic carbocycles. The number of aromatic nitrogens is 1. The van der Waals surface area contributed by atoms with E-state index in [1.165, 1.54) is 0 Å². The number of rotatable bonds is 0. The van der Waals surface area contributed by atoms with Gasteiger partial charge in [-0.25, -0.2) is 4.98 Å². The van der Waals surface area contributed by atoms with Gasteiger partial charge in [0, 0.05) is 16.7 Å². The lowest BCUT2D eigenvalue weighted by atomic mass is 9.35. The Morgan fingerprint density at radius 2 is 1.73 bits per heavy atom. The number of benzene rings is 2. The number of halogens is 1. The number of nitrogens with zero attached hydrogens (tertiary/aromatic N) is 1. The predicted octanol–water partition coefficient (Wildman–Crippen LogP) is 2.46. The van der Waals surface area contributed by atoms with Crippen LogP contribution in [0.15, 0.2) is 54.7 Å². The SMILES string of the molecule is Clc1ccc2c(c1)Oc1ccnc3c1B2c1ccccc1O3. The summed E-state index contributed by atoms with van der Waals surface area (Å²) in [4.78, 5) is 4.37. The number of fused-ring (bicyclic) bond motifs is 4. The summed E-state index contributed by atoms with van der Waals surface area (Å²) >= 11 is 6.12. The van der Waals surface area contributed by atoms with Gasteiger partial charge >= 0.3 is 0 Å². The molecule has 104 valence electrons. The summed E-state index contributed by atoms with van der Waals surface area (Å²) in [5.74, 6) is 3.02. The van der Waals surface area contributed by atoms with Crippen LogP contribution in [-0.4, -0.2) is 11.7 Å². The molecule has 3 nitrogen and oxygen atoms in total. The summed E-state index contributed by atoms with van der Waals surface area (Å²) < 4.78 is 12.0. The van der Waals surface area contributed by atoms with E-state index in [1.807, 2.05) is 42.5 Å². The molecule has 0 aliphatic carbocycles. The Hall–Kier alpha value is -2.46. The van der Waals surface area contributed by atoms with Crippen LogP contribution in [0, 0.1) is 0 Å². The first-order valence-electron chi connectivity index (χ1n) is 7.04. The van der Waals surface area contributed by atoms with Gasteiger partial charge in [-0.15, -0.1) is 0 Å². The van der Waals surface area contributed by atoms with Crippen LogP contribution in [0.1, 0.15) is 0 Å². The van der Waals surface area contributed by atoms with Gasteiger partial charge in [0.25, 0.3) is 6.71 Å². The van der Waals surface area contributed by atoms with Crippen molar-refractivity contribution in [3.8, 4) is 23.1 Å². The summed E-state index contributed by atoms with van der Waals surface area (Å²) in [5.41, 5.74) is 3.19. The van der Waals surface area contributed by atoms with Crippen LogP contribution in [-0.2, 0) is 0 Å². The Morgan fingerprint density at radius 1 is 0.864 bits per heavy atom. The molecule has 22 heavy (non-hydrogen) atoms. The molecule has 0 spiro atoms. The van der Waals surface area contributed by atoms with Crippen LogP contribution in [0.5, 0.6) is 23.1 Å². The second-order valence-electron chi connectivity index (χ2n) is 5.39. The van der Waals surface area contributed by atoms with Crippen molar-refractivity contribution in [2.24, 2.45) is 0 Å². The summed E-state index contributed by atoms with van der Waals surface area (Å²) in [6.45, 7) is 0.0599. The van der Waals surface area contributed by atoms with Crippen LogP contribution < -0.4 is 25.9 Å². The molecule has 0 unspecified atom stereocenters. The van der Waals surface area contributed by atoms with Gasteiger partial charge in [0.1, 0.15) is 17.2 Å². The van der Waals surface area contributed by atoms with E-state index in [2.05, 4.69) is 11.1 Å². The molecule has 0 N–H and O–H groups in total. The predicted molar refractivity (Wildman–Crippen MR) is 86.9 cm³/mol. The molecule has 2 aliphatic rings. The van der Waals surface area contributed by atoms with Crippen LogP contribution >= 0.6 is 11.6 Å². The van der Waals surface area contributed by atoms with Crippen LogP contribution in [0.4, 0.5) is 0 Å². The number of ether oxygens (including phenoxy) is 2. The van der Waals surface area contributed by atoms with E-state index < -0.39 is 0 Å². The zero-order valence-electron chi connectivity index (χ0n) is 11.4. The maximum atomic E-state index is 6.12.